The molecule has 4 nitrogen and oxygen atoms in total. The van der Waals surface area contributed by atoms with Crippen LogP contribution in [0, 0.1) is 12.7 Å². The van der Waals surface area contributed by atoms with Crippen molar-refractivity contribution in [3.63, 3.8) is 0 Å². The quantitative estimate of drug-likeness (QED) is 0.679. The van der Waals surface area contributed by atoms with Gasteiger partial charge in [-0.15, -0.1) is 11.3 Å². The van der Waals surface area contributed by atoms with Gasteiger partial charge >= 0.3 is 0 Å². The zero-order chi connectivity index (χ0) is 15.9. The Hall–Kier alpha value is -1.95. The summed E-state index contributed by atoms with van der Waals surface area (Å²) in [6, 6.07) is 6.64. The van der Waals surface area contributed by atoms with Crippen LogP contribution in [-0.4, -0.2) is 29.4 Å². The zero-order valence-corrected chi connectivity index (χ0v) is 14.0. The third kappa shape index (κ3) is 4.53. The van der Waals surface area contributed by atoms with E-state index in [1.807, 2.05) is 37.4 Å². The van der Waals surface area contributed by atoms with Crippen molar-refractivity contribution in [2.45, 2.75) is 26.9 Å². The van der Waals surface area contributed by atoms with Crippen LogP contribution in [0.5, 0.6) is 0 Å². The second-order valence-corrected chi connectivity index (χ2v) is 5.96. The van der Waals surface area contributed by atoms with Gasteiger partial charge in [0.05, 0.1) is 17.7 Å². The summed E-state index contributed by atoms with van der Waals surface area (Å²) in [7, 11) is 1.95. The number of nitrogens with zero attached hydrogens (tertiary/aromatic N) is 3. The Morgan fingerprint density at radius 1 is 1.45 bits per heavy atom. The molecule has 0 bridgehead atoms. The molecule has 0 unspecified atom stereocenters. The number of thiazole rings is 1. The summed E-state index contributed by atoms with van der Waals surface area (Å²) in [6.07, 6.45) is 0. The van der Waals surface area contributed by atoms with Crippen molar-refractivity contribution in [3.05, 3.63) is 51.7 Å². The molecular weight excluding hydrogens is 299 g/mol. The minimum absolute atomic E-state index is 0.215. The van der Waals surface area contributed by atoms with Gasteiger partial charge in [0.1, 0.15) is 5.82 Å². The molecule has 1 aromatic heterocycles. The van der Waals surface area contributed by atoms with E-state index in [1.165, 1.54) is 6.07 Å². The molecule has 118 valence electrons. The number of halogens is 1. The second kappa shape index (κ2) is 7.89. The minimum Gasteiger partial charge on any atom is -0.357 e. The summed E-state index contributed by atoms with van der Waals surface area (Å²) in [5.41, 5.74) is 3.78. The fourth-order valence-electron chi connectivity index (χ4n) is 2.08. The van der Waals surface area contributed by atoms with Crippen LogP contribution in [0.25, 0.3) is 0 Å². The molecule has 0 saturated carbocycles. The van der Waals surface area contributed by atoms with Crippen molar-refractivity contribution in [2.24, 2.45) is 4.99 Å². The van der Waals surface area contributed by atoms with Crippen LogP contribution in [0.3, 0.4) is 0 Å². The van der Waals surface area contributed by atoms with Crippen molar-refractivity contribution in [1.29, 1.82) is 0 Å². The molecule has 0 saturated heterocycles. The highest BCUT2D eigenvalue weighted by Gasteiger charge is 2.08. The van der Waals surface area contributed by atoms with Crippen molar-refractivity contribution in [2.75, 3.05) is 13.6 Å². The molecule has 0 aliphatic heterocycles. The van der Waals surface area contributed by atoms with Crippen molar-refractivity contribution in [3.8, 4) is 0 Å². The van der Waals surface area contributed by atoms with Crippen molar-refractivity contribution < 1.29 is 4.39 Å². The average Bonchev–Trinajstić information content (AvgIpc) is 2.88. The molecule has 0 radical (unpaired) electrons. The smallest absolute Gasteiger partial charge is 0.194 e. The Bertz CT molecular complexity index is 639. The molecule has 22 heavy (non-hydrogen) atoms. The number of nitrogens with one attached hydrogen (secondary N) is 1. The predicted octanol–water partition coefficient (Wildman–Crippen LogP) is 3.19. The number of hydrogen-bond acceptors (Lipinski definition) is 3. The summed E-state index contributed by atoms with van der Waals surface area (Å²) in [6.45, 7) is 6.01. The van der Waals surface area contributed by atoms with E-state index in [-0.39, 0.29) is 5.82 Å². The first-order valence-corrected chi connectivity index (χ1v) is 8.11. The van der Waals surface area contributed by atoms with E-state index in [2.05, 4.69) is 15.3 Å². The SMILES string of the molecule is CCNC(=NCc1scnc1C)N(C)Cc1cccc(F)c1. The maximum Gasteiger partial charge on any atom is 0.194 e. The standard InChI is InChI=1S/C16H21FN4S/c1-4-18-16(19-9-15-12(2)20-11-22-15)21(3)10-13-6-5-7-14(17)8-13/h5-8,11H,4,9-10H2,1-3H3,(H,18,19). The van der Waals surface area contributed by atoms with Gasteiger partial charge in [-0.2, -0.15) is 0 Å². The fraction of sp³-hybridized carbons (Fsp3) is 0.375. The predicted molar refractivity (Wildman–Crippen MR) is 89.5 cm³/mol. The van der Waals surface area contributed by atoms with E-state index in [4.69, 9.17) is 0 Å². The van der Waals surface area contributed by atoms with Gasteiger partial charge in [0.25, 0.3) is 0 Å². The summed E-state index contributed by atoms with van der Waals surface area (Å²) >= 11 is 1.61. The van der Waals surface area contributed by atoms with Crippen LogP contribution in [0.15, 0.2) is 34.8 Å². The van der Waals surface area contributed by atoms with Crippen molar-refractivity contribution in [1.82, 2.24) is 15.2 Å². The molecule has 0 amide bonds. The number of aromatic nitrogens is 1. The van der Waals surface area contributed by atoms with Crippen LogP contribution in [-0.2, 0) is 13.1 Å². The normalized spacial score (nSPS) is 11.5. The molecule has 2 rings (SSSR count). The first-order chi connectivity index (χ1) is 10.6. The lowest BCUT2D eigenvalue weighted by molar-refractivity contribution is 0.475. The molecule has 0 fully saturated rings. The van der Waals surface area contributed by atoms with Gasteiger partial charge in [0.2, 0.25) is 0 Å². The summed E-state index contributed by atoms with van der Waals surface area (Å²) in [5, 5.41) is 3.27. The number of hydrogen-bond donors (Lipinski definition) is 1. The van der Waals surface area contributed by atoms with Gasteiger partial charge in [-0.05, 0) is 31.5 Å². The van der Waals surface area contributed by atoms with Gasteiger partial charge in [-0.1, -0.05) is 12.1 Å². The molecule has 0 spiro atoms. The van der Waals surface area contributed by atoms with Gasteiger partial charge in [0.15, 0.2) is 5.96 Å². The fourth-order valence-corrected chi connectivity index (χ4v) is 2.78. The second-order valence-electron chi connectivity index (χ2n) is 5.02. The molecule has 1 aromatic carbocycles. The molecule has 0 aliphatic rings. The van der Waals surface area contributed by atoms with Crippen LogP contribution in [0.2, 0.25) is 0 Å². The molecule has 6 heteroatoms. The Labute approximate surface area is 134 Å². The zero-order valence-electron chi connectivity index (χ0n) is 13.1. The van der Waals surface area contributed by atoms with Crippen LogP contribution in [0.4, 0.5) is 4.39 Å². The Morgan fingerprint density at radius 2 is 2.27 bits per heavy atom. The maximum absolute atomic E-state index is 13.3. The van der Waals surface area contributed by atoms with E-state index >= 15 is 0 Å². The van der Waals surface area contributed by atoms with Crippen LogP contribution < -0.4 is 5.32 Å². The van der Waals surface area contributed by atoms with Gasteiger partial charge in [0, 0.05) is 25.0 Å². The summed E-state index contributed by atoms with van der Waals surface area (Å²) in [5.74, 6) is 0.590. The van der Waals surface area contributed by atoms with E-state index in [0.29, 0.717) is 13.1 Å². The molecular formula is C16H21FN4S. The largest absolute Gasteiger partial charge is 0.357 e. The number of guanidine groups is 1. The molecule has 1 heterocycles. The van der Waals surface area contributed by atoms with Gasteiger partial charge < -0.3 is 10.2 Å². The van der Waals surface area contributed by atoms with Crippen molar-refractivity contribution >= 4 is 17.3 Å². The monoisotopic (exact) mass is 320 g/mol. The van der Waals surface area contributed by atoms with Crippen LogP contribution >= 0.6 is 11.3 Å². The lowest BCUT2D eigenvalue weighted by Crippen LogP contribution is -2.38. The Kier molecular flexibility index (Phi) is 5.89. The lowest BCUT2D eigenvalue weighted by Gasteiger charge is -2.22. The van der Waals surface area contributed by atoms with Gasteiger partial charge in [-0.25, -0.2) is 14.4 Å². The minimum atomic E-state index is -0.215. The Balaban J connectivity index is 2.07. The first-order valence-electron chi connectivity index (χ1n) is 7.23. The first kappa shape index (κ1) is 16.4. The van der Waals surface area contributed by atoms with E-state index in [1.54, 1.807) is 23.5 Å². The maximum atomic E-state index is 13.3. The summed E-state index contributed by atoms with van der Waals surface area (Å²) in [4.78, 5) is 12.0. The van der Waals surface area contributed by atoms with E-state index < -0.39 is 0 Å². The molecule has 0 aliphatic carbocycles. The molecule has 0 atom stereocenters. The number of rotatable bonds is 5. The van der Waals surface area contributed by atoms with Gasteiger partial charge in [-0.3, -0.25) is 0 Å². The number of aliphatic imine (C=N–C) groups is 1. The Morgan fingerprint density at radius 3 is 2.91 bits per heavy atom. The molecule has 1 N–H and O–H groups in total. The highest BCUT2D eigenvalue weighted by Crippen LogP contribution is 2.13. The number of benzene rings is 1. The summed E-state index contributed by atoms with van der Waals surface area (Å²) < 4.78 is 13.3. The lowest BCUT2D eigenvalue weighted by atomic mass is 10.2. The average molecular weight is 320 g/mol. The topological polar surface area (TPSA) is 40.5 Å². The van der Waals surface area contributed by atoms with E-state index in [0.717, 1.165) is 28.6 Å². The third-order valence-corrected chi connectivity index (χ3v) is 4.14. The van der Waals surface area contributed by atoms with Crippen LogP contribution in [0.1, 0.15) is 23.1 Å². The van der Waals surface area contributed by atoms with E-state index in [9.17, 15) is 4.39 Å². The highest BCUT2D eigenvalue weighted by atomic mass is 32.1. The third-order valence-electron chi connectivity index (χ3n) is 3.22. The number of aryl methyl sites for hydroxylation is 1. The molecule has 2 aromatic rings. The highest BCUT2D eigenvalue weighted by molar-refractivity contribution is 7.09.